The van der Waals surface area contributed by atoms with Crippen molar-refractivity contribution >= 4 is 50.2 Å². The molecule has 14 heteroatoms. The number of amides is 4. The number of nitrogen functional groups attached to an aromatic ring is 1. The lowest BCUT2D eigenvalue weighted by Crippen LogP contribution is -2.66. The molecular weight excluding hydrogens is 621 g/mol. The molecule has 4 aromatic rings. The van der Waals surface area contributed by atoms with Crippen LogP contribution >= 0.6 is 11.3 Å². The SMILES string of the molecule is CN(C)c1ccc(C[C@H]2C(=O)N(Cc3cccc4sc(N)nc34)C[C@H]3N2C(=O)CN3N(CC#N)C(=O)NCc2ccc(F)cc2)cc1. The van der Waals surface area contributed by atoms with Crippen LogP contribution in [0.3, 0.4) is 0 Å². The van der Waals surface area contributed by atoms with Gasteiger partial charge in [0.25, 0.3) is 0 Å². The molecule has 3 heterocycles. The molecule has 4 amide bonds. The number of hydrazine groups is 1. The lowest BCUT2D eigenvalue weighted by atomic mass is 9.99. The number of fused-ring (bicyclic) bond motifs is 2. The van der Waals surface area contributed by atoms with Crippen molar-refractivity contribution in [3.05, 3.63) is 89.2 Å². The summed E-state index contributed by atoms with van der Waals surface area (Å²) >= 11 is 1.37. The molecule has 0 aliphatic carbocycles. The maximum atomic E-state index is 14.2. The quantitative estimate of drug-likeness (QED) is 0.262. The number of halogens is 1. The van der Waals surface area contributed by atoms with Gasteiger partial charge in [-0.2, -0.15) is 10.3 Å². The minimum atomic E-state index is -0.845. The van der Waals surface area contributed by atoms with E-state index in [0.717, 1.165) is 21.5 Å². The van der Waals surface area contributed by atoms with Crippen LogP contribution in [-0.2, 0) is 29.1 Å². The first kappa shape index (κ1) is 31.7. The number of thiazole rings is 1. The fraction of sp³-hybridized carbons (Fsp3) is 0.303. The first-order chi connectivity index (χ1) is 22.6. The average Bonchev–Trinajstić information content (AvgIpc) is 3.60. The summed E-state index contributed by atoms with van der Waals surface area (Å²) in [4.78, 5) is 51.2. The van der Waals surface area contributed by atoms with Gasteiger partial charge in [0.05, 0.1) is 29.4 Å². The summed E-state index contributed by atoms with van der Waals surface area (Å²) < 4.78 is 14.3. The summed E-state index contributed by atoms with van der Waals surface area (Å²) in [6.07, 6.45) is -0.446. The number of para-hydroxylation sites is 1. The van der Waals surface area contributed by atoms with Crippen molar-refractivity contribution in [2.75, 3.05) is 44.4 Å². The van der Waals surface area contributed by atoms with Crippen LogP contribution < -0.4 is 16.0 Å². The van der Waals surface area contributed by atoms with Crippen molar-refractivity contribution in [3.8, 4) is 6.07 Å². The van der Waals surface area contributed by atoms with Gasteiger partial charge in [0.15, 0.2) is 5.13 Å². The number of nitriles is 1. The molecule has 2 fully saturated rings. The molecule has 3 aromatic carbocycles. The van der Waals surface area contributed by atoms with Gasteiger partial charge in [0.2, 0.25) is 11.8 Å². The molecule has 0 unspecified atom stereocenters. The van der Waals surface area contributed by atoms with E-state index in [4.69, 9.17) is 5.73 Å². The number of carbonyl (C=O) groups excluding carboxylic acids is 3. The van der Waals surface area contributed by atoms with Crippen molar-refractivity contribution in [2.45, 2.75) is 31.7 Å². The van der Waals surface area contributed by atoms with Crippen LogP contribution in [0, 0.1) is 17.1 Å². The maximum Gasteiger partial charge on any atom is 0.333 e. The number of nitrogens with one attached hydrogen (secondary N) is 1. The van der Waals surface area contributed by atoms with Gasteiger partial charge >= 0.3 is 6.03 Å². The minimum Gasteiger partial charge on any atom is -0.378 e. The van der Waals surface area contributed by atoms with E-state index >= 15 is 0 Å². The molecule has 0 spiro atoms. The van der Waals surface area contributed by atoms with Gasteiger partial charge in [-0.15, -0.1) is 0 Å². The number of hydrogen-bond donors (Lipinski definition) is 2. The van der Waals surface area contributed by atoms with E-state index in [2.05, 4.69) is 10.3 Å². The normalized spacial score (nSPS) is 17.9. The van der Waals surface area contributed by atoms with Gasteiger partial charge in [-0.25, -0.2) is 19.2 Å². The molecule has 0 radical (unpaired) electrons. The zero-order valence-corrected chi connectivity index (χ0v) is 26.8. The van der Waals surface area contributed by atoms with E-state index < -0.39 is 24.1 Å². The lowest BCUT2D eigenvalue weighted by molar-refractivity contribution is -0.157. The zero-order valence-electron chi connectivity index (χ0n) is 26.0. The molecule has 6 rings (SSSR count). The van der Waals surface area contributed by atoms with Gasteiger partial charge in [-0.3, -0.25) is 9.59 Å². The highest BCUT2D eigenvalue weighted by atomic mass is 32.1. The Morgan fingerprint density at radius 2 is 1.83 bits per heavy atom. The first-order valence-electron chi connectivity index (χ1n) is 15.1. The summed E-state index contributed by atoms with van der Waals surface area (Å²) in [5.74, 6) is -0.932. The maximum absolute atomic E-state index is 14.2. The first-order valence-corrected chi connectivity index (χ1v) is 15.9. The number of hydrogen-bond acceptors (Lipinski definition) is 9. The molecule has 0 saturated carbocycles. The molecule has 1 aromatic heterocycles. The fourth-order valence-electron chi connectivity index (χ4n) is 6.12. The standard InChI is InChI=1S/C33H34FN9O3S/c1-39(2)25-12-8-21(9-13-25)16-26-31(45)40(18-23-4-3-5-27-30(23)38-32(36)47-27)19-28-42(20-29(44)43(26)28)41(15-14-35)33(46)37-17-22-6-10-24(34)11-7-22/h3-13,26,28H,15-20H2,1-2H3,(H2,36,38)(H,37,46)/t26-,28+/m0/s1. The summed E-state index contributed by atoms with van der Waals surface area (Å²) in [7, 11) is 3.89. The van der Waals surface area contributed by atoms with E-state index in [1.165, 1.54) is 28.5 Å². The molecule has 242 valence electrons. The molecule has 2 atom stereocenters. The monoisotopic (exact) mass is 655 g/mol. The number of nitrogens with two attached hydrogens (primary N) is 1. The number of anilines is 2. The highest BCUT2D eigenvalue weighted by Gasteiger charge is 2.52. The Hall–Kier alpha value is -5.26. The van der Waals surface area contributed by atoms with Crippen molar-refractivity contribution < 1.29 is 18.8 Å². The van der Waals surface area contributed by atoms with Crippen molar-refractivity contribution in [1.82, 2.24) is 30.1 Å². The number of benzene rings is 3. The third kappa shape index (κ3) is 6.53. The number of nitrogens with zero attached hydrogens (tertiary/aromatic N) is 7. The molecule has 2 saturated heterocycles. The second kappa shape index (κ2) is 13.2. The molecule has 2 aliphatic heterocycles. The Kier molecular flexibility index (Phi) is 8.93. The van der Waals surface area contributed by atoms with Gasteiger partial charge in [-0.1, -0.05) is 47.7 Å². The van der Waals surface area contributed by atoms with Gasteiger partial charge in [0, 0.05) is 39.3 Å². The summed E-state index contributed by atoms with van der Waals surface area (Å²) in [5, 5.41) is 15.7. The average molecular weight is 656 g/mol. The highest BCUT2D eigenvalue weighted by Crippen LogP contribution is 2.32. The Morgan fingerprint density at radius 1 is 1.11 bits per heavy atom. The van der Waals surface area contributed by atoms with Crippen LogP contribution in [0.2, 0.25) is 0 Å². The van der Waals surface area contributed by atoms with Crippen LogP contribution in [0.4, 0.5) is 20.0 Å². The smallest absolute Gasteiger partial charge is 0.333 e. The molecule has 2 aliphatic rings. The van der Waals surface area contributed by atoms with E-state index in [1.807, 2.05) is 67.5 Å². The number of piperazine rings is 1. The summed E-state index contributed by atoms with van der Waals surface area (Å²) in [6, 6.07) is 19.8. The van der Waals surface area contributed by atoms with Crippen LogP contribution in [0.15, 0.2) is 66.7 Å². The van der Waals surface area contributed by atoms with Crippen LogP contribution in [0.25, 0.3) is 10.2 Å². The molecule has 47 heavy (non-hydrogen) atoms. The second-order valence-corrected chi connectivity index (χ2v) is 12.8. The van der Waals surface area contributed by atoms with Crippen molar-refractivity contribution in [2.24, 2.45) is 0 Å². The van der Waals surface area contributed by atoms with E-state index in [9.17, 15) is 24.0 Å². The molecule has 12 nitrogen and oxygen atoms in total. The third-order valence-corrected chi connectivity index (χ3v) is 9.30. The van der Waals surface area contributed by atoms with Crippen molar-refractivity contribution in [1.29, 1.82) is 5.26 Å². The van der Waals surface area contributed by atoms with Crippen molar-refractivity contribution in [3.63, 3.8) is 0 Å². The van der Waals surface area contributed by atoms with Crippen LogP contribution in [0.1, 0.15) is 16.7 Å². The largest absolute Gasteiger partial charge is 0.378 e. The molecular formula is C33H34FN9O3S. The van der Waals surface area contributed by atoms with Crippen LogP contribution in [0.5, 0.6) is 0 Å². The van der Waals surface area contributed by atoms with Gasteiger partial charge < -0.3 is 25.8 Å². The number of aromatic nitrogens is 1. The predicted molar refractivity (Wildman–Crippen MR) is 176 cm³/mol. The second-order valence-electron chi connectivity index (χ2n) is 11.7. The highest BCUT2D eigenvalue weighted by molar-refractivity contribution is 7.22. The molecule has 0 bridgehead atoms. The van der Waals surface area contributed by atoms with E-state index in [-0.39, 0.29) is 51.0 Å². The number of rotatable bonds is 9. The third-order valence-electron chi connectivity index (χ3n) is 8.45. The summed E-state index contributed by atoms with van der Waals surface area (Å²) in [6.45, 7) is -0.102. The Labute approximate surface area is 275 Å². The minimum absolute atomic E-state index is 0.0914. The summed E-state index contributed by atoms with van der Waals surface area (Å²) in [5.41, 5.74) is 10.1. The van der Waals surface area contributed by atoms with Gasteiger partial charge in [0.1, 0.15) is 24.6 Å². The van der Waals surface area contributed by atoms with E-state index in [1.54, 1.807) is 26.9 Å². The van der Waals surface area contributed by atoms with E-state index in [0.29, 0.717) is 16.2 Å². The Balaban J connectivity index is 1.31. The topological polar surface area (TPSA) is 142 Å². The zero-order chi connectivity index (χ0) is 33.2. The molecule has 3 N–H and O–H groups in total. The Morgan fingerprint density at radius 3 is 2.53 bits per heavy atom. The number of urea groups is 1. The van der Waals surface area contributed by atoms with Crippen LogP contribution in [-0.4, -0.2) is 88.6 Å². The van der Waals surface area contributed by atoms with Gasteiger partial charge in [-0.05, 0) is 47.0 Å². The lowest BCUT2D eigenvalue weighted by Gasteiger charge is -2.46. The predicted octanol–water partition coefficient (Wildman–Crippen LogP) is 3.16. The Bertz CT molecular complexity index is 1840. The fourth-order valence-corrected chi connectivity index (χ4v) is 6.90. The number of carbonyl (C=O) groups is 3.